The molecule has 0 amide bonds. The van der Waals surface area contributed by atoms with Gasteiger partial charge in [-0.3, -0.25) is 0 Å². The number of aromatic nitrogens is 1. The standard InChI is InChI=1S/C19H20N2O/c1-14-15(11-12-20-2)13-16-7-6-10-18(19(16)21-14)22-17-8-4-3-5-9-17/h3-10,13,20H,11-12H2,1-2H3. The number of rotatable bonds is 5. The third kappa shape index (κ3) is 3.10. The molecule has 1 aromatic heterocycles. The molecule has 0 bridgehead atoms. The Morgan fingerprint density at radius 1 is 1.05 bits per heavy atom. The summed E-state index contributed by atoms with van der Waals surface area (Å²) < 4.78 is 5.99. The highest BCUT2D eigenvalue weighted by atomic mass is 16.5. The summed E-state index contributed by atoms with van der Waals surface area (Å²) in [5.41, 5.74) is 3.25. The third-order valence-corrected chi connectivity index (χ3v) is 3.72. The van der Waals surface area contributed by atoms with Crippen molar-refractivity contribution in [3.8, 4) is 11.5 Å². The van der Waals surface area contributed by atoms with Crippen LogP contribution in [0.5, 0.6) is 11.5 Å². The largest absolute Gasteiger partial charge is 0.455 e. The number of pyridine rings is 1. The average molecular weight is 292 g/mol. The fourth-order valence-corrected chi connectivity index (χ4v) is 2.52. The van der Waals surface area contributed by atoms with Crippen molar-refractivity contribution in [1.82, 2.24) is 10.3 Å². The predicted octanol–water partition coefficient (Wildman–Crippen LogP) is 4.10. The summed E-state index contributed by atoms with van der Waals surface area (Å²) in [5.74, 6) is 1.63. The minimum absolute atomic E-state index is 0.798. The maximum atomic E-state index is 5.99. The summed E-state index contributed by atoms with van der Waals surface area (Å²) in [6.45, 7) is 3.01. The lowest BCUT2D eigenvalue weighted by atomic mass is 10.1. The Hall–Kier alpha value is -2.39. The van der Waals surface area contributed by atoms with Gasteiger partial charge in [0.1, 0.15) is 11.3 Å². The molecule has 1 N–H and O–H groups in total. The molecule has 0 saturated carbocycles. The molecule has 0 radical (unpaired) electrons. The summed E-state index contributed by atoms with van der Waals surface area (Å²) in [6, 6.07) is 18.1. The number of aryl methyl sites for hydroxylation is 1. The summed E-state index contributed by atoms with van der Waals surface area (Å²) in [7, 11) is 1.97. The van der Waals surface area contributed by atoms with E-state index in [4.69, 9.17) is 9.72 Å². The molecule has 2 aromatic carbocycles. The molecule has 0 aliphatic heterocycles. The second-order valence-electron chi connectivity index (χ2n) is 5.33. The second-order valence-corrected chi connectivity index (χ2v) is 5.33. The molecular weight excluding hydrogens is 272 g/mol. The number of nitrogens with one attached hydrogen (secondary N) is 1. The molecule has 0 aliphatic rings. The zero-order valence-electron chi connectivity index (χ0n) is 13.0. The van der Waals surface area contributed by atoms with E-state index in [-0.39, 0.29) is 0 Å². The van der Waals surface area contributed by atoms with E-state index < -0.39 is 0 Å². The number of benzene rings is 2. The molecule has 0 saturated heterocycles. The van der Waals surface area contributed by atoms with Crippen LogP contribution in [0.3, 0.4) is 0 Å². The van der Waals surface area contributed by atoms with Gasteiger partial charge in [0.15, 0.2) is 5.75 Å². The van der Waals surface area contributed by atoms with Crippen LogP contribution in [0.25, 0.3) is 10.9 Å². The van der Waals surface area contributed by atoms with Crippen molar-refractivity contribution in [2.75, 3.05) is 13.6 Å². The number of likely N-dealkylation sites (N-methyl/N-ethyl adjacent to an activating group) is 1. The van der Waals surface area contributed by atoms with Gasteiger partial charge in [-0.1, -0.05) is 30.3 Å². The van der Waals surface area contributed by atoms with Gasteiger partial charge in [-0.2, -0.15) is 0 Å². The Morgan fingerprint density at radius 3 is 2.64 bits per heavy atom. The molecule has 0 atom stereocenters. The zero-order valence-corrected chi connectivity index (χ0v) is 13.0. The molecule has 0 fully saturated rings. The van der Waals surface area contributed by atoms with Crippen molar-refractivity contribution in [1.29, 1.82) is 0 Å². The monoisotopic (exact) mass is 292 g/mol. The topological polar surface area (TPSA) is 34.1 Å². The number of ether oxygens (including phenoxy) is 1. The molecular formula is C19H20N2O. The molecule has 22 heavy (non-hydrogen) atoms. The molecule has 0 unspecified atom stereocenters. The van der Waals surface area contributed by atoms with Crippen LogP contribution < -0.4 is 10.1 Å². The van der Waals surface area contributed by atoms with Crippen molar-refractivity contribution in [3.63, 3.8) is 0 Å². The van der Waals surface area contributed by atoms with Crippen LogP contribution in [-0.2, 0) is 6.42 Å². The van der Waals surface area contributed by atoms with E-state index in [0.717, 1.165) is 41.1 Å². The van der Waals surface area contributed by atoms with E-state index in [1.807, 2.05) is 49.5 Å². The molecule has 3 rings (SSSR count). The van der Waals surface area contributed by atoms with Gasteiger partial charge in [0, 0.05) is 11.1 Å². The van der Waals surface area contributed by atoms with Gasteiger partial charge < -0.3 is 10.1 Å². The van der Waals surface area contributed by atoms with E-state index >= 15 is 0 Å². The van der Waals surface area contributed by atoms with Crippen LogP contribution in [0.2, 0.25) is 0 Å². The average Bonchev–Trinajstić information content (AvgIpc) is 2.54. The predicted molar refractivity (Wildman–Crippen MR) is 90.6 cm³/mol. The van der Waals surface area contributed by atoms with Crippen LogP contribution in [0.4, 0.5) is 0 Å². The van der Waals surface area contributed by atoms with E-state index in [9.17, 15) is 0 Å². The number of fused-ring (bicyclic) bond motifs is 1. The second kappa shape index (κ2) is 6.58. The molecule has 112 valence electrons. The summed E-state index contributed by atoms with van der Waals surface area (Å²) in [6.07, 6.45) is 0.981. The molecule has 3 nitrogen and oxygen atoms in total. The number of hydrogen-bond acceptors (Lipinski definition) is 3. The molecule has 3 aromatic rings. The van der Waals surface area contributed by atoms with Crippen molar-refractivity contribution >= 4 is 10.9 Å². The minimum Gasteiger partial charge on any atom is -0.455 e. The van der Waals surface area contributed by atoms with Crippen molar-refractivity contribution < 1.29 is 4.74 Å². The third-order valence-electron chi connectivity index (χ3n) is 3.72. The van der Waals surface area contributed by atoms with E-state index in [1.54, 1.807) is 0 Å². The summed E-state index contributed by atoms with van der Waals surface area (Å²) in [4.78, 5) is 4.77. The maximum absolute atomic E-state index is 5.99. The highest BCUT2D eigenvalue weighted by molar-refractivity contribution is 5.85. The van der Waals surface area contributed by atoms with Gasteiger partial charge in [0.05, 0.1) is 0 Å². The van der Waals surface area contributed by atoms with Gasteiger partial charge >= 0.3 is 0 Å². The fraction of sp³-hybridized carbons (Fsp3) is 0.211. The number of para-hydroxylation sites is 2. The summed E-state index contributed by atoms with van der Waals surface area (Å²) in [5, 5.41) is 4.30. The highest BCUT2D eigenvalue weighted by Gasteiger charge is 2.08. The summed E-state index contributed by atoms with van der Waals surface area (Å²) >= 11 is 0. The van der Waals surface area contributed by atoms with Crippen LogP contribution in [0.1, 0.15) is 11.3 Å². The van der Waals surface area contributed by atoms with Gasteiger partial charge in [-0.25, -0.2) is 4.98 Å². The number of nitrogens with zero attached hydrogens (tertiary/aromatic N) is 1. The lowest BCUT2D eigenvalue weighted by molar-refractivity contribution is 0.487. The quantitative estimate of drug-likeness (QED) is 0.769. The van der Waals surface area contributed by atoms with Gasteiger partial charge in [0.2, 0.25) is 0 Å². The first-order chi connectivity index (χ1) is 10.8. The van der Waals surface area contributed by atoms with Crippen LogP contribution >= 0.6 is 0 Å². The first-order valence-corrected chi connectivity index (χ1v) is 7.54. The number of hydrogen-bond donors (Lipinski definition) is 1. The molecule has 3 heteroatoms. The van der Waals surface area contributed by atoms with Gasteiger partial charge in [-0.05, 0) is 56.8 Å². The van der Waals surface area contributed by atoms with Crippen LogP contribution in [0, 0.1) is 6.92 Å². The highest BCUT2D eigenvalue weighted by Crippen LogP contribution is 2.29. The maximum Gasteiger partial charge on any atom is 0.153 e. The molecule has 0 aliphatic carbocycles. The van der Waals surface area contributed by atoms with Gasteiger partial charge in [0.25, 0.3) is 0 Å². The first-order valence-electron chi connectivity index (χ1n) is 7.54. The Labute approximate surface area is 131 Å². The van der Waals surface area contributed by atoms with Crippen LogP contribution in [0.15, 0.2) is 54.6 Å². The first kappa shape index (κ1) is 14.5. The Kier molecular flexibility index (Phi) is 4.35. The van der Waals surface area contributed by atoms with Crippen molar-refractivity contribution in [3.05, 3.63) is 65.9 Å². The Bertz CT molecular complexity index is 769. The SMILES string of the molecule is CNCCc1cc2cccc(Oc3ccccc3)c2nc1C. The van der Waals surface area contributed by atoms with Crippen molar-refractivity contribution in [2.24, 2.45) is 0 Å². The van der Waals surface area contributed by atoms with Crippen LogP contribution in [-0.4, -0.2) is 18.6 Å². The van der Waals surface area contributed by atoms with E-state index in [1.165, 1.54) is 5.56 Å². The lowest BCUT2D eigenvalue weighted by Gasteiger charge is -2.11. The van der Waals surface area contributed by atoms with E-state index in [2.05, 4.69) is 24.4 Å². The molecule has 0 spiro atoms. The fourth-order valence-electron chi connectivity index (χ4n) is 2.52. The van der Waals surface area contributed by atoms with Crippen molar-refractivity contribution in [2.45, 2.75) is 13.3 Å². The Morgan fingerprint density at radius 2 is 1.86 bits per heavy atom. The van der Waals surface area contributed by atoms with E-state index in [0.29, 0.717) is 0 Å². The minimum atomic E-state index is 0.798. The van der Waals surface area contributed by atoms with Gasteiger partial charge in [-0.15, -0.1) is 0 Å². The molecule has 1 heterocycles. The lowest BCUT2D eigenvalue weighted by Crippen LogP contribution is -2.11. The smallest absolute Gasteiger partial charge is 0.153 e. The normalized spacial score (nSPS) is 10.8. The Balaban J connectivity index is 1.99. The zero-order chi connectivity index (χ0) is 15.4.